The Labute approximate surface area is 97.7 Å². The lowest BCUT2D eigenvalue weighted by atomic mass is 10.2. The van der Waals surface area contributed by atoms with E-state index in [0.717, 1.165) is 0 Å². The van der Waals surface area contributed by atoms with Gasteiger partial charge >= 0.3 is 0 Å². The molecule has 0 saturated heterocycles. The molecule has 1 amide bonds. The first kappa shape index (κ1) is 12.6. The fraction of sp³-hybridized carbons (Fsp3) is 0.300. The summed E-state index contributed by atoms with van der Waals surface area (Å²) >= 11 is 5.91. The van der Waals surface area contributed by atoms with E-state index < -0.39 is 5.91 Å². The third kappa shape index (κ3) is 3.01. The number of aliphatic hydroxyl groups excluding tert-OH is 1. The second-order valence-electron chi connectivity index (χ2n) is 3.02. The van der Waals surface area contributed by atoms with Gasteiger partial charge in [-0.1, -0.05) is 11.6 Å². The lowest BCUT2D eigenvalue weighted by Gasteiger charge is -2.12. The summed E-state index contributed by atoms with van der Waals surface area (Å²) < 4.78 is 10.1. The van der Waals surface area contributed by atoms with Crippen molar-refractivity contribution in [3.63, 3.8) is 0 Å². The molecule has 0 aliphatic rings. The molecular formula is C10H12ClNO4. The van der Waals surface area contributed by atoms with Crippen molar-refractivity contribution >= 4 is 17.5 Å². The molecule has 1 rings (SSSR count). The molecule has 16 heavy (non-hydrogen) atoms. The smallest absolute Gasteiger partial charge is 0.255 e. The molecule has 0 aliphatic carbocycles. The molecule has 6 heteroatoms. The first-order chi connectivity index (χ1) is 7.58. The van der Waals surface area contributed by atoms with E-state index in [2.05, 4.69) is 0 Å². The molecule has 0 unspecified atom stereocenters. The number of carbonyl (C=O) groups is 1. The number of hydrogen-bond acceptors (Lipinski definition) is 4. The van der Waals surface area contributed by atoms with Gasteiger partial charge in [-0.25, -0.2) is 0 Å². The van der Waals surface area contributed by atoms with Crippen LogP contribution in [-0.4, -0.2) is 24.7 Å². The number of amides is 1. The van der Waals surface area contributed by atoms with Gasteiger partial charge in [0.15, 0.2) is 18.1 Å². The SMILES string of the molecule is COc1cc(CO)cc(Cl)c1OCC(N)=O. The van der Waals surface area contributed by atoms with E-state index in [1.165, 1.54) is 13.2 Å². The lowest BCUT2D eigenvalue weighted by molar-refractivity contribution is -0.119. The standard InChI is InChI=1S/C10H12ClNO4/c1-15-8-3-6(4-13)2-7(11)10(8)16-5-9(12)14/h2-3,13H,4-5H2,1H3,(H2,12,14). The highest BCUT2D eigenvalue weighted by atomic mass is 35.5. The van der Waals surface area contributed by atoms with E-state index in [0.29, 0.717) is 11.3 Å². The quantitative estimate of drug-likeness (QED) is 0.800. The van der Waals surface area contributed by atoms with Gasteiger partial charge in [-0.2, -0.15) is 0 Å². The largest absolute Gasteiger partial charge is 0.493 e. The Kier molecular flexibility index (Phi) is 4.39. The van der Waals surface area contributed by atoms with Crippen molar-refractivity contribution < 1.29 is 19.4 Å². The van der Waals surface area contributed by atoms with Crippen LogP contribution in [0.5, 0.6) is 11.5 Å². The number of aliphatic hydroxyl groups is 1. The fourth-order valence-electron chi connectivity index (χ4n) is 1.15. The maximum Gasteiger partial charge on any atom is 0.255 e. The molecule has 88 valence electrons. The van der Waals surface area contributed by atoms with Crippen molar-refractivity contribution in [1.82, 2.24) is 0 Å². The fourth-order valence-corrected chi connectivity index (χ4v) is 1.44. The monoisotopic (exact) mass is 245 g/mol. The zero-order valence-electron chi connectivity index (χ0n) is 8.70. The molecule has 3 N–H and O–H groups in total. The zero-order chi connectivity index (χ0) is 12.1. The van der Waals surface area contributed by atoms with Crippen LogP contribution in [0.3, 0.4) is 0 Å². The van der Waals surface area contributed by atoms with E-state index in [-0.39, 0.29) is 24.0 Å². The average molecular weight is 246 g/mol. The minimum atomic E-state index is -0.607. The Morgan fingerprint density at radius 2 is 2.25 bits per heavy atom. The molecule has 0 heterocycles. The molecule has 0 atom stereocenters. The van der Waals surface area contributed by atoms with Gasteiger partial charge in [0.05, 0.1) is 18.7 Å². The van der Waals surface area contributed by atoms with E-state index in [1.807, 2.05) is 0 Å². The maximum absolute atomic E-state index is 10.6. The van der Waals surface area contributed by atoms with Crippen molar-refractivity contribution in [2.45, 2.75) is 6.61 Å². The zero-order valence-corrected chi connectivity index (χ0v) is 9.45. The van der Waals surface area contributed by atoms with Gasteiger partial charge in [0.1, 0.15) is 0 Å². The van der Waals surface area contributed by atoms with Crippen molar-refractivity contribution in [3.8, 4) is 11.5 Å². The van der Waals surface area contributed by atoms with Crippen LogP contribution in [0, 0.1) is 0 Å². The number of nitrogens with two attached hydrogens (primary N) is 1. The average Bonchev–Trinajstić information content (AvgIpc) is 2.26. The number of benzene rings is 1. The Bertz CT molecular complexity index is 395. The van der Waals surface area contributed by atoms with Crippen molar-refractivity contribution in [3.05, 3.63) is 22.7 Å². The van der Waals surface area contributed by atoms with Crippen LogP contribution in [0.4, 0.5) is 0 Å². The van der Waals surface area contributed by atoms with Crippen LogP contribution >= 0.6 is 11.6 Å². The number of ether oxygens (including phenoxy) is 2. The molecule has 1 aromatic rings. The lowest BCUT2D eigenvalue weighted by Crippen LogP contribution is -2.20. The predicted octanol–water partition coefficient (Wildman–Crippen LogP) is 0.705. The summed E-state index contributed by atoms with van der Waals surface area (Å²) in [5.41, 5.74) is 5.54. The topological polar surface area (TPSA) is 81.8 Å². The van der Waals surface area contributed by atoms with Crippen LogP contribution in [0.15, 0.2) is 12.1 Å². The van der Waals surface area contributed by atoms with Crippen LogP contribution in [0.25, 0.3) is 0 Å². The minimum Gasteiger partial charge on any atom is -0.493 e. The van der Waals surface area contributed by atoms with Gasteiger partial charge in [0, 0.05) is 0 Å². The van der Waals surface area contributed by atoms with Crippen LogP contribution < -0.4 is 15.2 Å². The number of hydrogen-bond donors (Lipinski definition) is 2. The third-order valence-corrected chi connectivity index (χ3v) is 2.11. The predicted molar refractivity (Wildman–Crippen MR) is 58.6 cm³/mol. The number of halogens is 1. The highest BCUT2D eigenvalue weighted by Crippen LogP contribution is 2.36. The van der Waals surface area contributed by atoms with E-state index in [9.17, 15) is 4.79 Å². The van der Waals surface area contributed by atoms with Crippen molar-refractivity contribution in [2.24, 2.45) is 5.73 Å². The van der Waals surface area contributed by atoms with Crippen LogP contribution in [-0.2, 0) is 11.4 Å². The second kappa shape index (κ2) is 5.58. The first-order valence-electron chi connectivity index (χ1n) is 4.46. The second-order valence-corrected chi connectivity index (χ2v) is 3.43. The third-order valence-electron chi connectivity index (χ3n) is 1.83. The number of carbonyl (C=O) groups excluding carboxylic acids is 1. The van der Waals surface area contributed by atoms with Crippen LogP contribution in [0.1, 0.15) is 5.56 Å². The summed E-state index contributed by atoms with van der Waals surface area (Å²) in [6.07, 6.45) is 0. The summed E-state index contributed by atoms with van der Waals surface area (Å²) in [5.74, 6) is -0.0256. The molecule has 0 bridgehead atoms. The Hall–Kier alpha value is -1.46. The first-order valence-corrected chi connectivity index (χ1v) is 4.84. The Morgan fingerprint density at radius 1 is 1.56 bits per heavy atom. The van der Waals surface area contributed by atoms with E-state index >= 15 is 0 Å². The summed E-state index contributed by atoms with van der Waals surface area (Å²) in [5, 5.41) is 9.22. The number of primary amides is 1. The van der Waals surface area contributed by atoms with Crippen molar-refractivity contribution in [2.75, 3.05) is 13.7 Å². The molecular weight excluding hydrogens is 234 g/mol. The number of rotatable bonds is 5. The normalized spacial score (nSPS) is 9.94. The van der Waals surface area contributed by atoms with Gasteiger partial charge in [0.25, 0.3) is 5.91 Å². The summed E-state index contributed by atoms with van der Waals surface area (Å²) in [6, 6.07) is 3.10. The summed E-state index contributed by atoms with van der Waals surface area (Å²) in [7, 11) is 1.43. The molecule has 0 saturated carbocycles. The Morgan fingerprint density at radius 3 is 2.75 bits per heavy atom. The van der Waals surface area contributed by atoms with E-state index in [4.69, 9.17) is 31.9 Å². The van der Waals surface area contributed by atoms with Crippen molar-refractivity contribution in [1.29, 1.82) is 0 Å². The molecule has 0 aliphatic heterocycles. The minimum absolute atomic E-state index is 0.161. The molecule has 0 aromatic heterocycles. The van der Waals surface area contributed by atoms with Gasteiger partial charge in [0.2, 0.25) is 0 Å². The molecule has 1 aromatic carbocycles. The van der Waals surface area contributed by atoms with Gasteiger partial charge < -0.3 is 20.3 Å². The molecule has 0 fully saturated rings. The van der Waals surface area contributed by atoms with Gasteiger partial charge in [-0.15, -0.1) is 0 Å². The molecule has 0 radical (unpaired) electrons. The highest BCUT2D eigenvalue weighted by Gasteiger charge is 2.12. The summed E-state index contributed by atoms with van der Waals surface area (Å²) in [4.78, 5) is 10.6. The molecule has 5 nitrogen and oxygen atoms in total. The maximum atomic E-state index is 10.6. The van der Waals surface area contributed by atoms with Crippen LogP contribution in [0.2, 0.25) is 5.02 Å². The van der Waals surface area contributed by atoms with Gasteiger partial charge in [-0.3, -0.25) is 4.79 Å². The summed E-state index contributed by atoms with van der Waals surface area (Å²) in [6.45, 7) is -0.444. The van der Waals surface area contributed by atoms with Gasteiger partial charge in [-0.05, 0) is 17.7 Å². The molecule has 0 spiro atoms. The number of methoxy groups -OCH3 is 1. The highest BCUT2D eigenvalue weighted by molar-refractivity contribution is 6.32. The Balaban J connectivity index is 3.01. The van der Waals surface area contributed by atoms with E-state index in [1.54, 1.807) is 6.07 Å².